The third-order valence-electron chi connectivity index (χ3n) is 3.61. The Balaban J connectivity index is 1.97. The smallest absolute Gasteiger partial charge is 0.0757 e. The van der Waals surface area contributed by atoms with Crippen molar-refractivity contribution in [2.45, 2.75) is 25.9 Å². The van der Waals surface area contributed by atoms with E-state index in [2.05, 4.69) is 63.9 Å². The maximum Gasteiger partial charge on any atom is 0.0757 e. The monoisotopic (exact) mass is 353 g/mol. The van der Waals surface area contributed by atoms with Crippen LogP contribution in [0.15, 0.2) is 30.6 Å². The van der Waals surface area contributed by atoms with Crippen LogP contribution in [0.1, 0.15) is 18.1 Å². The quantitative estimate of drug-likeness (QED) is 0.735. The maximum atomic E-state index is 4.27. The lowest BCUT2D eigenvalue weighted by Crippen LogP contribution is -2.38. The van der Waals surface area contributed by atoms with Crippen LogP contribution in [0.2, 0.25) is 0 Å². The molecule has 1 aliphatic rings. The van der Waals surface area contributed by atoms with E-state index in [4.69, 9.17) is 0 Å². The number of benzene rings is 1. The Morgan fingerprint density at radius 3 is 2.94 bits per heavy atom. The predicted octanol–water partition coefficient (Wildman–Crippen LogP) is 2.98. The molecule has 0 spiro atoms. The maximum absolute atomic E-state index is 4.27. The molecule has 1 unspecified atom stereocenters. The highest BCUT2D eigenvalue weighted by atomic mass is 127. The number of anilines is 1. The highest BCUT2D eigenvalue weighted by molar-refractivity contribution is 14.1. The molecule has 1 aromatic heterocycles. The Morgan fingerprint density at radius 2 is 2.22 bits per heavy atom. The van der Waals surface area contributed by atoms with Gasteiger partial charge in [0.1, 0.15) is 0 Å². The van der Waals surface area contributed by atoms with E-state index in [0.717, 1.165) is 13.0 Å². The van der Waals surface area contributed by atoms with Gasteiger partial charge in [0.2, 0.25) is 0 Å². The molecule has 1 aromatic carbocycles. The summed E-state index contributed by atoms with van der Waals surface area (Å²) < 4.78 is 3.26. The lowest BCUT2D eigenvalue weighted by atomic mass is 9.95. The third-order valence-corrected chi connectivity index (χ3v) is 4.62. The van der Waals surface area contributed by atoms with Crippen molar-refractivity contribution in [3.63, 3.8) is 0 Å². The fraction of sp³-hybridized carbons (Fsp3) is 0.357. The minimum Gasteiger partial charge on any atom is -0.362 e. The molecule has 2 aromatic rings. The summed E-state index contributed by atoms with van der Waals surface area (Å²) in [5, 5.41) is 4.27. The second-order valence-electron chi connectivity index (χ2n) is 4.93. The van der Waals surface area contributed by atoms with Crippen molar-refractivity contribution in [2.75, 3.05) is 4.90 Å². The van der Waals surface area contributed by atoms with E-state index in [0.29, 0.717) is 6.04 Å². The van der Waals surface area contributed by atoms with Gasteiger partial charge in [0.25, 0.3) is 0 Å². The average molecular weight is 353 g/mol. The zero-order valence-corrected chi connectivity index (χ0v) is 12.8. The molecule has 3 rings (SSSR count). The Morgan fingerprint density at radius 1 is 1.39 bits per heavy atom. The molecule has 2 heterocycles. The lowest BCUT2D eigenvalue weighted by molar-refractivity contribution is 0.591. The van der Waals surface area contributed by atoms with Crippen LogP contribution in [0.3, 0.4) is 0 Å². The Hall–Kier alpha value is -1.04. The first-order valence-electron chi connectivity index (χ1n) is 6.16. The van der Waals surface area contributed by atoms with Crippen molar-refractivity contribution in [1.82, 2.24) is 9.78 Å². The molecule has 0 saturated heterocycles. The number of fused-ring (bicyclic) bond motifs is 1. The molecule has 18 heavy (non-hydrogen) atoms. The Bertz CT molecular complexity index is 576. The van der Waals surface area contributed by atoms with E-state index < -0.39 is 0 Å². The van der Waals surface area contributed by atoms with Crippen LogP contribution in [-0.2, 0) is 20.0 Å². The molecule has 0 radical (unpaired) electrons. The van der Waals surface area contributed by atoms with E-state index in [-0.39, 0.29) is 0 Å². The minimum absolute atomic E-state index is 0.526. The van der Waals surface area contributed by atoms with Gasteiger partial charge in [0.15, 0.2) is 0 Å². The SMILES string of the molecule is CC1Cc2c(I)cccc2CN1c1cnn(C)c1. The fourth-order valence-corrected chi connectivity index (χ4v) is 3.40. The van der Waals surface area contributed by atoms with Crippen molar-refractivity contribution in [1.29, 1.82) is 0 Å². The van der Waals surface area contributed by atoms with Gasteiger partial charge in [-0.15, -0.1) is 0 Å². The molecule has 0 saturated carbocycles. The molecule has 0 amide bonds. The van der Waals surface area contributed by atoms with Crippen molar-refractivity contribution in [3.8, 4) is 0 Å². The predicted molar refractivity (Wildman–Crippen MR) is 81.7 cm³/mol. The molecule has 94 valence electrons. The summed E-state index contributed by atoms with van der Waals surface area (Å²) >= 11 is 2.44. The molecule has 1 aliphatic heterocycles. The number of hydrogen-bond donors (Lipinski definition) is 0. The van der Waals surface area contributed by atoms with Crippen LogP contribution in [0.5, 0.6) is 0 Å². The second-order valence-corrected chi connectivity index (χ2v) is 6.09. The van der Waals surface area contributed by atoms with Gasteiger partial charge < -0.3 is 4.90 Å². The molecule has 0 bridgehead atoms. The second kappa shape index (κ2) is 4.57. The van der Waals surface area contributed by atoms with Gasteiger partial charge in [-0.3, -0.25) is 4.68 Å². The molecule has 0 fully saturated rings. The summed E-state index contributed by atoms with van der Waals surface area (Å²) in [4.78, 5) is 2.44. The van der Waals surface area contributed by atoms with Crippen molar-refractivity contribution >= 4 is 28.3 Å². The number of rotatable bonds is 1. The number of aromatic nitrogens is 2. The Kier molecular flexibility index (Phi) is 3.05. The first kappa shape index (κ1) is 12.0. The van der Waals surface area contributed by atoms with E-state index in [1.165, 1.54) is 20.4 Å². The topological polar surface area (TPSA) is 21.1 Å². The van der Waals surface area contributed by atoms with Gasteiger partial charge >= 0.3 is 0 Å². The third kappa shape index (κ3) is 2.02. The van der Waals surface area contributed by atoms with Crippen LogP contribution >= 0.6 is 22.6 Å². The highest BCUT2D eigenvalue weighted by Crippen LogP contribution is 2.30. The number of halogens is 1. The van der Waals surface area contributed by atoms with Crippen molar-refractivity contribution < 1.29 is 0 Å². The summed E-state index contributed by atoms with van der Waals surface area (Å²) in [6, 6.07) is 7.12. The zero-order valence-electron chi connectivity index (χ0n) is 10.6. The van der Waals surface area contributed by atoms with Gasteiger partial charge in [-0.2, -0.15) is 5.10 Å². The fourth-order valence-electron chi connectivity index (χ4n) is 2.63. The zero-order chi connectivity index (χ0) is 12.7. The summed E-state index contributed by atoms with van der Waals surface area (Å²) in [7, 11) is 1.97. The molecule has 0 N–H and O–H groups in total. The summed E-state index contributed by atoms with van der Waals surface area (Å²) in [6.45, 7) is 3.28. The highest BCUT2D eigenvalue weighted by Gasteiger charge is 2.24. The number of aryl methyl sites for hydroxylation is 1. The van der Waals surface area contributed by atoms with Crippen LogP contribution in [0, 0.1) is 3.57 Å². The molecular weight excluding hydrogens is 337 g/mol. The minimum atomic E-state index is 0.526. The van der Waals surface area contributed by atoms with Crippen LogP contribution in [0.4, 0.5) is 5.69 Å². The standard InChI is InChI=1S/C14H16IN3/c1-10-6-13-11(4-3-5-14(13)15)8-18(10)12-7-16-17(2)9-12/h3-5,7,9-10H,6,8H2,1-2H3. The summed E-state index contributed by atoms with van der Waals surface area (Å²) in [6.07, 6.45) is 5.16. The van der Waals surface area contributed by atoms with Crippen molar-refractivity contribution in [2.24, 2.45) is 7.05 Å². The normalized spacial score (nSPS) is 18.8. The first-order chi connectivity index (χ1) is 8.65. The van der Waals surface area contributed by atoms with E-state index in [1.54, 1.807) is 0 Å². The van der Waals surface area contributed by atoms with Crippen LogP contribution in [0.25, 0.3) is 0 Å². The largest absolute Gasteiger partial charge is 0.362 e. The van der Waals surface area contributed by atoms with Gasteiger partial charge in [-0.25, -0.2) is 0 Å². The molecule has 0 aliphatic carbocycles. The summed E-state index contributed by atoms with van der Waals surface area (Å²) in [5.74, 6) is 0. The van der Waals surface area contributed by atoms with Crippen LogP contribution in [-0.4, -0.2) is 15.8 Å². The molecule has 1 atom stereocenters. The molecule has 4 heteroatoms. The van der Waals surface area contributed by atoms with E-state index in [9.17, 15) is 0 Å². The lowest BCUT2D eigenvalue weighted by Gasteiger charge is -2.36. The van der Waals surface area contributed by atoms with Gasteiger partial charge in [-0.05, 0) is 53.1 Å². The molecule has 3 nitrogen and oxygen atoms in total. The van der Waals surface area contributed by atoms with E-state index >= 15 is 0 Å². The van der Waals surface area contributed by atoms with Gasteiger partial charge in [-0.1, -0.05) is 12.1 Å². The first-order valence-corrected chi connectivity index (χ1v) is 7.24. The van der Waals surface area contributed by atoms with Crippen molar-refractivity contribution in [3.05, 3.63) is 45.3 Å². The Labute approximate surface area is 121 Å². The number of hydrogen-bond acceptors (Lipinski definition) is 2. The van der Waals surface area contributed by atoms with E-state index in [1.807, 2.05) is 17.9 Å². The average Bonchev–Trinajstić information content (AvgIpc) is 2.76. The molecular formula is C14H16IN3. The van der Waals surface area contributed by atoms with Crippen LogP contribution < -0.4 is 4.90 Å². The van der Waals surface area contributed by atoms with Gasteiger partial charge in [0.05, 0.1) is 11.9 Å². The van der Waals surface area contributed by atoms with Gasteiger partial charge in [0, 0.05) is 29.4 Å². The summed E-state index contributed by atoms with van der Waals surface area (Å²) in [5.41, 5.74) is 4.18. The number of nitrogens with zero attached hydrogens (tertiary/aromatic N) is 3.